The van der Waals surface area contributed by atoms with Crippen molar-refractivity contribution in [3.63, 3.8) is 0 Å². The number of halogens is 2. The van der Waals surface area contributed by atoms with Crippen molar-refractivity contribution in [3.8, 4) is 5.75 Å². The molecule has 2 aliphatic carbocycles. The predicted molar refractivity (Wildman–Crippen MR) is 156 cm³/mol. The molecule has 1 aromatic heterocycles. The van der Waals surface area contributed by atoms with Crippen LogP contribution in [-0.2, 0) is 11.2 Å². The van der Waals surface area contributed by atoms with E-state index in [1.807, 2.05) is 13.8 Å². The topological polar surface area (TPSA) is 143 Å². The number of carbonyl (C=O) groups excluding carboxylic acids is 2. The van der Waals surface area contributed by atoms with Gasteiger partial charge in [0, 0.05) is 44.7 Å². The number of hydrogen-bond donors (Lipinski definition) is 4. The van der Waals surface area contributed by atoms with Gasteiger partial charge in [0.2, 0.25) is 11.3 Å². The third kappa shape index (κ3) is 5.07. The second-order valence-electron chi connectivity index (χ2n) is 12.1. The first kappa shape index (κ1) is 29.7. The number of fused-ring (bicyclic) bond motifs is 1. The second-order valence-corrected chi connectivity index (χ2v) is 13.2. The Kier molecular flexibility index (Phi) is 7.45. The molecule has 3 aliphatic rings. The van der Waals surface area contributed by atoms with E-state index in [-0.39, 0.29) is 51.2 Å². The molecule has 0 radical (unpaired) electrons. The van der Waals surface area contributed by atoms with Gasteiger partial charge in [-0.2, -0.15) is 0 Å². The lowest BCUT2D eigenvalue weighted by molar-refractivity contribution is -0.133. The van der Waals surface area contributed by atoms with Crippen LogP contribution in [0.5, 0.6) is 5.75 Å². The van der Waals surface area contributed by atoms with E-state index in [2.05, 4.69) is 5.32 Å². The fourth-order valence-corrected chi connectivity index (χ4v) is 7.02. The van der Waals surface area contributed by atoms with Crippen molar-refractivity contribution in [1.29, 1.82) is 10.8 Å². The number of hydrogen-bond acceptors (Lipinski definition) is 8. The molecule has 1 aliphatic heterocycles. The lowest BCUT2D eigenvalue weighted by Crippen LogP contribution is -2.71. The lowest BCUT2D eigenvalue weighted by Gasteiger charge is -2.59. The summed E-state index contributed by atoms with van der Waals surface area (Å²) in [4.78, 5) is 41.3. The number of thioether (sulfide) groups is 1. The maximum Gasteiger partial charge on any atom is 0.278 e. The number of pyridine rings is 1. The fraction of sp³-hybridized carbons (Fsp3) is 0.483. The monoisotopic (exact) mass is 600 g/mol. The molecule has 2 heterocycles. The van der Waals surface area contributed by atoms with Gasteiger partial charge in [-0.25, -0.2) is 8.78 Å². The summed E-state index contributed by atoms with van der Waals surface area (Å²) in [5.74, 6) is -3.19. The molecule has 1 aromatic carbocycles. The molecular weight excluding hydrogens is 566 g/mol. The van der Waals surface area contributed by atoms with Gasteiger partial charge in [-0.3, -0.25) is 34.9 Å². The molecule has 5 rings (SSSR count). The van der Waals surface area contributed by atoms with Gasteiger partial charge in [0.25, 0.3) is 5.91 Å². The summed E-state index contributed by atoms with van der Waals surface area (Å²) >= 11 is 0.600. The highest BCUT2D eigenvalue weighted by Crippen LogP contribution is 2.50. The molecule has 1 spiro atoms. The Labute approximate surface area is 246 Å². The molecule has 2 amide bonds. The van der Waals surface area contributed by atoms with Crippen LogP contribution < -0.4 is 15.8 Å². The quantitative estimate of drug-likeness (QED) is 0.305. The van der Waals surface area contributed by atoms with E-state index in [4.69, 9.17) is 10.8 Å². The zero-order valence-electron chi connectivity index (χ0n) is 23.9. The predicted octanol–water partition coefficient (Wildman–Crippen LogP) is 3.57. The van der Waals surface area contributed by atoms with Gasteiger partial charge in [-0.1, -0.05) is 31.7 Å². The van der Waals surface area contributed by atoms with Crippen molar-refractivity contribution in [3.05, 3.63) is 63.1 Å². The largest absolute Gasteiger partial charge is 0.502 e. The van der Waals surface area contributed by atoms with Crippen molar-refractivity contribution < 1.29 is 23.5 Å². The van der Waals surface area contributed by atoms with Gasteiger partial charge in [0.15, 0.2) is 11.4 Å². The smallest absolute Gasteiger partial charge is 0.278 e. The van der Waals surface area contributed by atoms with Crippen LogP contribution in [0.15, 0.2) is 29.2 Å². The van der Waals surface area contributed by atoms with Crippen LogP contribution in [0.25, 0.3) is 0 Å². The molecule has 2 saturated carbocycles. The Morgan fingerprint density at radius 3 is 2.48 bits per heavy atom. The number of aromatic hydroxyl groups is 1. The third-order valence-corrected chi connectivity index (χ3v) is 9.63. The van der Waals surface area contributed by atoms with Crippen molar-refractivity contribution in [2.75, 3.05) is 19.1 Å². The van der Waals surface area contributed by atoms with Crippen LogP contribution >= 0.6 is 11.8 Å². The minimum Gasteiger partial charge on any atom is -0.502 e. The molecule has 0 bridgehead atoms. The molecule has 224 valence electrons. The van der Waals surface area contributed by atoms with E-state index in [0.717, 1.165) is 18.9 Å². The molecule has 4 N–H and O–H groups in total. The summed E-state index contributed by atoms with van der Waals surface area (Å²) in [6.07, 6.45) is 4.46. The molecular formula is C29H34F2N6O4S. The summed E-state index contributed by atoms with van der Waals surface area (Å²) < 4.78 is 28.7. The Hall–Kier alpha value is -3.74. The SMILES string of the molecule is CN1C(=O)c2c(O)c(=O)c(C(=N)SC(=N)Cc3ccc(F)cc3F)cn2N(C)C12CCC(C(=O)NC1CC1)C(C)(C)C2. The van der Waals surface area contributed by atoms with E-state index >= 15 is 0 Å². The van der Waals surface area contributed by atoms with Crippen molar-refractivity contribution in [2.24, 2.45) is 11.3 Å². The number of rotatable bonds is 5. The minimum atomic E-state index is -0.939. The van der Waals surface area contributed by atoms with Gasteiger partial charge in [0.05, 0.1) is 10.6 Å². The van der Waals surface area contributed by atoms with Crippen LogP contribution in [0, 0.1) is 33.8 Å². The Balaban J connectivity index is 1.43. The molecule has 2 atom stereocenters. The van der Waals surface area contributed by atoms with Gasteiger partial charge in [-0.15, -0.1) is 0 Å². The van der Waals surface area contributed by atoms with Crippen molar-refractivity contribution >= 4 is 33.7 Å². The highest BCUT2D eigenvalue weighted by atomic mass is 32.2. The van der Waals surface area contributed by atoms with E-state index < -0.39 is 39.8 Å². The minimum absolute atomic E-state index is 0.0159. The molecule has 10 nitrogen and oxygen atoms in total. The van der Waals surface area contributed by atoms with Crippen LogP contribution in [0.4, 0.5) is 8.78 Å². The highest BCUT2D eigenvalue weighted by Gasteiger charge is 2.56. The summed E-state index contributed by atoms with van der Waals surface area (Å²) in [6, 6.07) is 3.23. The molecule has 0 saturated heterocycles. The summed E-state index contributed by atoms with van der Waals surface area (Å²) in [5, 5.41) is 32.0. The molecule has 42 heavy (non-hydrogen) atoms. The number of carbonyl (C=O) groups is 2. The molecule has 2 aromatic rings. The zero-order chi connectivity index (χ0) is 30.7. The lowest BCUT2D eigenvalue weighted by atomic mass is 9.63. The zero-order valence-corrected chi connectivity index (χ0v) is 24.7. The van der Waals surface area contributed by atoms with Crippen LogP contribution in [0.3, 0.4) is 0 Å². The van der Waals surface area contributed by atoms with Gasteiger partial charge < -0.3 is 15.3 Å². The fourth-order valence-electron chi connectivity index (χ4n) is 6.29. The second kappa shape index (κ2) is 10.5. The molecule has 13 heteroatoms. The van der Waals surface area contributed by atoms with E-state index in [1.165, 1.54) is 21.8 Å². The average Bonchev–Trinajstić information content (AvgIpc) is 3.72. The number of benzene rings is 1. The number of nitrogens with zero attached hydrogens (tertiary/aromatic N) is 3. The maximum absolute atomic E-state index is 14.1. The van der Waals surface area contributed by atoms with Gasteiger partial charge in [-0.05, 0) is 49.1 Å². The number of amides is 2. The van der Waals surface area contributed by atoms with Crippen LogP contribution in [0.2, 0.25) is 0 Å². The van der Waals surface area contributed by atoms with E-state index in [9.17, 15) is 28.3 Å². The van der Waals surface area contributed by atoms with Crippen LogP contribution in [0.1, 0.15) is 67.6 Å². The van der Waals surface area contributed by atoms with Crippen LogP contribution in [-0.4, -0.2) is 62.4 Å². The first-order chi connectivity index (χ1) is 19.7. The maximum atomic E-state index is 14.1. The first-order valence-electron chi connectivity index (χ1n) is 13.8. The Bertz CT molecular complexity index is 1570. The molecule has 2 fully saturated rings. The molecule has 2 unspecified atom stereocenters. The van der Waals surface area contributed by atoms with Crippen molar-refractivity contribution in [2.45, 2.75) is 64.1 Å². The summed E-state index contributed by atoms with van der Waals surface area (Å²) in [6.45, 7) is 4.01. The first-order valence-corrected chi connectivity index (χ1v) is 14.6. The van der Waals surface area contributed by atoms with Gasteiger partial charge in [0.1, 0.15) is 22.3 Å². The Morgan fingerprint density at radius 2 is 1.86 bits per heavy atom. The van der Waals surface area contributed by atoms with E-state index in [0.29, 0.717) is 37.1 Å². The number of aromatic nitrogens is 1. The van der Waals surface area contributed by atoms with Crippen molar-refractivity contribution in [1.82, 2.24) is 14.9 Å². The standard InChI is InChI=1S/C29H34F2N6O4S/c1-28(2)14-29(10-9-19(28)26(40)34-17-7-8-17)35(3)27(41)22-24(39)23(38)18(13-37(22)36(29)4)25(33)42-21(32)11-15-5-6-16(30)12-20(15)31/h5-6,12-13,17,19,32-33,39H,7-11,14H2,1-4H3,(H,34,40). The number of nitrogens with one attached hydrogen (secondary N) is 3. The summed E-state index contributed by atoms with van der Waals surface area (Å²) in [7, 11) is 3.35. The highest BCUT2D eigenvalue weighted by molar-refractivity contribution is 8.26. The summed E-state index contributed by atoms with van der Waals surface area (Å²) in [5.41, 5.74) is -2.73. The third-order valence-electron chi connectivity index (χ3n) is 8.81. The van der Waals surface area contributed by atoms with E-state index in [1.54, 1.807) is 19.1 Å². The normalized spacial score (nSPS) is 23.1. The van der Waals surface area contributed by atoms with Gasteiger partial charge >= 0.3 is 0 Å². The Morgan fingerprint density at radius 1 is 1.17 bits per heavy atom. The average molecular weight is 601 g/mol.